The van der Waals surface area contributed by atoms with Crippen molar-refractivity contribution in [2.24, 2.45) is 5.92 Å². The molecule has 0 radical (unpaired) electrons. The van der Waals surface area contributed by atoms with Gasteiger partial charge >= 0.3 is 5.97 Å². The maximum atomic E-state index is 12.2. The van der Waals surface area contributed by atoms with Crippen LogP contribution in [0.25, 0.3) is 0 Å². The number of methoxy groups -OCH3 is 1. The first-order valence-electron chi connectivity index (χ1n) is 7.71. The first-order valence-corrected chi connectivity index (χ1v) is 8.86. The summed E-state index contributed by atoms with van der Waals surface area (Å²) in [5.74, 6) is 0.990. The summed E-state index contributed by atoms with van der Waals surface area (Å²) < 4.78 is 5.33. The average molecular weight is 337 g/mol. The fraction of sp³-hybridized carbons (Fsp3) is 0.529. The molecule has 2 N–H and O–H groups in total. The van der Waals surface area contributed by atoms with Gasteiger partial charge < -0.3 is 15.2 Å². The van der Waals surface area contributed by atoms with E-state index in [0.29, 0.717) is 25.0 Å². The highest BCUT2D eigenvalue weighted by Gasteiger charge is 2.43. The summed E-state index contributed by atoms with van der Waals surface area (Å²) in [6.07, 6.45) is 1.50. The van der Waals surface area contributed by atoms with Crippen molar-refractivity contribution in [2.75, 3.05) is 18.6 Å². The number of carboxylic acids is 1. The normalized spacial score (nSPS) is 21.7. The molecule has 1 aromatic rings. The molecule has 2 rings (SSSR count). The number of carbonyl (C=O) groups is 2. The third kappa shape index (κ3) is 4.41. The molecule has 5 nitrogen and oxygen atoms in total. The monoisotopic (exact) mass is 337 g/mol. The zero-order valence-corrected chi connectivity index (χ0v) is 14.3. The number of nitrogens with one attached hydrogen (secondary N) is 1. The first kappa shape index (κ1) is 17.7. The molecule has 0 bridgehead atoms. The van der Waals surface area contributed by atoms with E-state index in [1.807, 2.05) is 31.2 Å². The number of rotatable bonds is 7. The van der Waals surface area contributed by atoms with Crippen LogP contribution in [0.15, 0.2) is 24.3 Å². The van der Waals surface area contributed by atoms with Gasteiger partial charge in [0.1, 0.15) is 11.3 Å². The van der Waals surface area contributed by atoms with Crippen LogP contribution in [0.5, 0.6) is 5.75 Å². The Bertz CT molecular complexity index is 569. The Morgan fingerprint density at radius 3 is 2.78 bits per heavy atom. The minimum Gasteiger partial charge on any atom is -0.496 e. The molecule has 23 heavy (non-hydrogen) atoms. The maximum absolute atomic E-state index is 12.2. The fourth-order valence-corrected chi connectivity index (χ4v) is 4.16. The second-order valence-electron chi connectivity index (χ2n) is 6.06. The van der Waals surface area contributed by atoms with Crippen molar-refractivity contribution in [3.05, 3.63) is 29.8 Å². The van der Waals surface area contributed by atoms with Gasteiger partial charge in [-0.25, -0.2) is 4.79 Å². The van der Waals surface area contributed by atoms with Crippen molar-refractivity contribution in [1.82, 2.24) is 5.32 Å². The molecular formula is C17H23NO4S. The standard InChI is InChI=1S/C17H23NO4S/c1-12(9-13-5-3-4-6-14(13)22-2)10-15(19)18-17(16(20)21)7-8-23-11-17/h3-6,12H,7-11H2,1-2H3,(H,18,19)(H,20,21). The molecule has 1 heterocycles. The van der Waals surface area contributed by atoms with Crippen molar-refractivity contribution < 1.29 is 19.4 Å². The van der Waals surface area contributed by atoms with Gasteiger partial charge in [-0.2, -0.15) is 11.8 Å². The lowest BCUT2D eigenvalue weighted by Crippen LogP contribution is -2.55. The SMILES string of the molecule is COc1ccccc1CC(C)CC(=O)NC1(C(=O)O)CCSC1. The molecule has 2 atom stereocenters. The zero-order chi connectivity index (χ0) is 16.9. The number of amides is 1. The highest BCUT2D eigenvalue weighted by atomic mass is 32.2. The molecule has 1 aromatic carbocycles. The molecule has 126 valence electrons. The van der Waals surface area contributed by atoms with Crippen LogP contribution in [0.3, 0.4) is 0 Å². The van der Waals surface area contributed by atoms with Crippen LogP contribution in [-0.4, -0.2) is 41.1 Å². The molecule has 0 aromatic heterocycles. The molecule has 0 saturated carbocycles. The van der Waals surface area contributed by atoms with Crippen LogP contribution in [0.1, 0.15) is 25.3 Å². The summed E-state index contributed by atoms with van der Waals surface area (Å²) in [6, 6.07) is 7.74. The van der Waals surface area contributed by atoms with Gasteiger partial charge in [-0.05, 0) is 36.1 Å². The molecule has 0 spiro atoms. The Hall–Kier alpha value is -1.69. The summed E-state index contributed by atoms with van der Waals surface area (Å²) in [4.78, 5) is 23.7. The number of carboxylic acid groups (broad SMARTS) is 1. The molecular weight excluding hydrogens is 314 g/mol. The van der Waals surface area contributed by atoms with E-state index in [2.05, 4.69) is 5.32 Å². The van der Waals surface area contributed by atoms with E-state index >= 15 is 0 Å². The van der Waals surface area contributed by atoms with Gasteiger partial charge in [0.25, 0.3) is 0 Å². The molecule has 1 aliphatic heterocycles. The third-order valence-corrected chi connectivity index (χ3v) is 5.29. The van der Waals surface area contributed by atoms with Gasteiger partial charge in [0.05, 0.1) is 7.11 Å². The second-order valence-corrected chi connectivity index (χ2v) is 7.17. The predicted molar refractivity (Wildman–Crippen MR) is 90.9 cm³/mol. The second kappa shape index (κ2) is 7.73. The van der Waals surface area contributed by atoms with Crippen molar-refractivity contribution >= 4 is 23.6 Å². The number of hydrogen-bond donors (Lipinski definition) is 2. The van der Waals surface area contributed by atoms with E-state index in [-0.39, 0.29) is 11.8 Å². The third-order valence-electron chi connectivity index (χ3n) is 4.10. The smallest absolute Gasteiger partial charge is 0.330 e. The minimum atomic E-state index is -1.09. The highest BCUT2D eigenvalue weighted by molar-refractivity contribution is 7.99. The molecule has 1 saturated heterocycles. The number of para-hydroxylation sites is 1. The van der Waals surface area contributed by atoms with Crippen LogP contribution in [0.4, 0.5) is 0 Å². The summed E-state index contributed by atoms with van der Waals surface area (Å²) in [5.41, 5.74) is -0.0361. The molecule has 1 amide bonds. The van der Waals surface area contributed by atoms with Gasteiger partial charge in [0.15, 0.2) is 0 Å². The summed E-state index contributed by atoms with van der Waals surface area (Å²) in [5, 5.41) is 12.2. The Balaban J connectivity index is 1.93. The number of carbonyl (C=O) groups excluding carboxylic acids is 1. The summed E-state index contributed by atoms with van der Waals surface area (Å²) >= 11 is 1.57. The summed E-state index contributed by atoms with van der Waals surface area (Å²) in [6.45, 7) is 1.99. The van der Waals surface area contributed by atoms with Crippen LogP contribution in [-0.2, 0) is 16.0 Å². The van der Waals surface area contributed by atoms with Crippen molar-refractivity contribution in [3.63, 3.8) is 0 Å². The molecule has 2 unspecified atom stereocenters. The maximum Gasteiger partial charge on any atom is 0.330 e. The van der Waals surface area contributed by atoms with Crippen molar-refractivity contribution in [3.8, 4) is 5.75 Å². The number of thioether (sulfide) groups is 1. The van der Waals surface area contributed by atoms with Crippen LogP contribution in [0.2, 0.25) is 0 Å². The van der Waals surface area contributed by atoms with Crippen LogP contribution >= 0.6 is 11.8 Å². The van der Waals surface area contributed by atoms with Gasteiger partial charge in [-0.15, -0.1) is 0 Å². The molecule has 6 heteroatoms. The minimum absolute atomic E-state index is 0.103. The lowest BCUT2D eigenvalue weighted by atomic mass is 9.95. The zero-order valence-electron chi connectivity index (χ0n) is 13.5. The van der Waals surface area contributed by atoms with E-state index in [9.17, 15) is 14.7 Å². The lowest BCUT2D eigenvalue weighted by Gasteiger charge is -2.25. The topological polar surface area (TPSA) is 75.6 Å². The van der Waals surface area contributed by atoms with Crippen molar-refractivity contribution in [1.29, 1.82) is 0 Å². The largest absolute Gasteiger partial charge is 0.496 e. The van der Waals surface area contributed by atoms with Crippen LogP contribution in [0, 0.1) is 5.92 Å². The molecule has 0 aliphatic carbocycles. The van der Waals surface area contributed by atoms with Gasteiger partial charge in [-0.3, -0.25) is 4.79 Å². The van der Waals surface area contributed by atoms with Gasteiger partial charge in [0, 0.05) is 12.2 Å². The molecule has 1 aliphatic rings. The van der Waals surface area contributed by atoms with E-state index in [1.54, 1.807) is 18.9 Å². The van der Waals surface area contributed by atoms with Gasteiger partial charge in [0.2, 0.25) is 5.91 Å². The Kier molecular flexibility index (Phi) is 5.93. The first-order chi connectivity index (χ1) is 11.0. The fourth-order valence-electron chi connectivity index (χ4n) is 2.84. The Morgan fingerprint density at radius 2 is 2.17 bits per heavy atom. The number of aliphatic carboxylic acids is 1. The number of benzene rings is 1. The van der Waals surface area contributed by atoms with Crippen molar-refractivity contribution in [2.45, 2.75) is 31.7 Å². The average Bonchev–Trinajstić information content (AvgIpc) is 2.97. The number of hydrogen-bond acceptors (Lipinski definition) is 4. The van der Waals surface area contributed by atoms with Crippen LogP contribution < -0.4 is 10.1 Å². The Morgan fingerprint density at radius 1 is 1.43 bits per heavy atom. The molecule has 1 fully saturated rings. The van der Waals surface area contributed by atoms with E-state index in [1.165, 1.54) is 0 Å². The van der Waals surface area contributed by atoms with Gasteiger partial charge in [-0.1, -0.05) is 25.1 Å². The predicted octanol–water partition coefficient (Wildman–Crippen LogP) is 2.34. The highest BCUT2D eigenvalue weighted by Crippen LogP contribution is 2.29. The quantitative estimate of drug-likeness (QED) is 0.799. The Labute approximate surface area is 140 Å². The lowest BCUT2D eigenvalue weighted by molar-refractivity contribution is -0.146. The summed E-state index contributed by atoms with van der Waals surface area (Å²) in [7, 11) is 1.63. The van der Waals surface area contributed by atoms with E-state index in [0.717, 1.165) is 17.1 Å². The van der Waals surface area contributed by atoms with E-state index in [4.69, 9.17) is 4.74 Å². The van der Waals surface area contributed by atoms with E-state index < -0.39 is 11.5 Å². The number of ether oxygens (including phenoxy) is 1.